The van der Waals surface area contributed by atoms with Gasteiger partial charge in [-0.3, -0.25) is 0 Å². The van der Waals surface area contributed by atoms with Crippen LogP contribution in [0.3, 0.4) is 0 Å². The summed E-state index contributed by atoms with van der Waals surface area (Å²) >= 11 is 5.48. The average molecular weight is 236 g/mol. The summed E-state index contributed by atoms with van der Waals surface area (Å²) in [5, 5.41) is 3.34. The van der Waals surface area contributed by atoms with Crippen LogP contribution >= 0.6 is 11.6 Å². The summed E-state index contributed by atoms with van der Waals surface area (Å²) in [7, 11) is 0. The van der Waals surface area contributed by atoms with Crippen LogP contribution in [0.1, 0.15) is 25.7 Å². The van der Waals surface area contributed by atoms with Gasteiger partial charge in [0.15, 0.2) is 0 Å². The highest BCUT2D eigenvalue weighted by Crippen LogP contribution is 2.16. The van der Waals surface area contributed by atoms with Gasteiger partial charge in [0, 0.05) is 19.0 Å². The Morgan fingerprint density at radius 1 is 1.33 bits per heavy atom. The molecule has 1 saturated heterocycles. The van der Waals surface area contributed by atoms with Crippen molar-refractivity contribution in [3.63, 3.8) is 0 Å². The summed E-state index contributed by atoms with van der Waals surface area (Å²) in [4.78, 5) is 0. The summed E-state index contributed by atoms with van der Waals surface area (Å²) in [6.07, 6.45) is 5.40. The molecule has 1 atom stereocenters. The van der Waals surface area contributed by atoms with Crippen LogP contribution in [0.15, 0.2) is 0 Å². The molecule has 3 nitrogen and oxygen atoms in total. The molecule has 1 fully saturated rings. The Labute approximate surface area is 97.5 Å². The molecule has 0 aromatic heterocycles. The van der Waals surface area contributed by atoms with Gasteiger partial charge in [0.1, 0.15) is 0 Å². The molecule has 1 aliphatic heterocycles. The van der Waals surface area contributed by atoms with Crippen molar-refractivity contribution >= 4 is 11.6 Å². The van der Waals surface area contributed by atoms with E-state index in [0.29, 0.717) is 18.6 Å². The third kappa shape index (κ3) is 7.12. The largest absolute Gasteiger partial charge is 0.379 e. The van der Waals surface area contributed by atoms with Gasteiger partial charge in [-0.05, 0) is 32.2 Å². The van der Waals surface area contributed by atoms with Crippen LogP contribution < -0.4 is 5.32 Å². The Morgan fingerprint density at radius 3 is 3.00 bits per heavy atom. The van der Waals surface area contributed by atoms with Gasteiger partial charge in [0.2, 0.25) is 0 Å². The predicted octanol–water partition coefficient (Wildman–Crippen LogP) is 1.79. The van der Waals surface area contributed by atoms with E-state index in [4.69, 9.17) is 21.1 Å². The minimum absolute atomic E-state index is 0.527. The van der Waals surface area contributed by atoms with Gasteiger partial charge in [-0.1, -0.05) is 0 Å². The Hall–Kier alpha value is 0.170. The maximum absolute atomic E-state index is 5.55. The lowest BCUT2D eigenvalue weighted by atomic mass is 10.1. The lowest BCUT2D eigenvalue weighted by Gasteiger charge is -2.09. The van der Waals surface area contributed by atoms with Crippen molar-refractivity contribution in [2.45, 2.75) is 31.8 Å². The fraction of sp³-hybridized carbons (Fsp3) is 1.00. The van der Waals surface area contributed by atoms with Crippen LogP contribution in [-0.2, 0) is 9.47 Å². The third-order valence-corrected chi connectivity index (χ3v) is 2.70. The first-order valence-electron chi connectivity index (χ1n) is 5.89. The molecule has 1 heterocycles. The van der Waals surface area contributed by atoms with Crippen molar-refractivity contribution in [3.8, 4) is 0 Å². The van der Waals surface area contributed by atoms with Crippen molar-refractivity contribution in [2.75, 3.05) is 38.8 Å². The Balaban J connectivity index is 1.73. The van der Waals surface area contributed by atoms with Gasteiger partial charge >= 0.3 is 0 Å². The highest BCUT2D eigenvalue weighted by molar-refractivity contribution is 6.17. The summed E-state index contributed by atoms with van der Waals surface area (Å²) in [6.45, 7) is 4.35. The highest BCUT2D eigenvalue weighted by Gasteiger charge is 2.13. The van der Waals surface area contributed by atoms with Crippen molar-refractivity contribution in [1.82, 2.24) is 5.32 Å². The standard InChI is InChI=1S/C11H22ClNO2/c12-5-9-14-10-7-13-6-1-3-11-4-2-8-15-11/h11,13H,1-10H2. The van der Waals surface area contributed by atoms with Crippen LogP contribution in [-0.4, -0.2) is 44.9 Å². The van der Waals surface area contributed by atoms with Crippen molar-refractivity contribution < 1.29 is 9.47 Å². The normalized spacial score (nSPS) is 21.0. The van der Waals surface area contributed by atoms with Gasteiger partial charge in [-0.15, -0.1) is 11.6 Å². The second-order valence-corrected chi connectivity index (χ2v) is 4.21. The number of nitrogens with one attached hydrogen (secondary N) is 1. The smallest absolute Gasteiger partial charge is 0.0602 e. The average Bonchev–Trinajstić information content (AvgIpc) is 2.75. The van der Waals surface area contributed by atoms with E-state index in [1.165, 1.54) is 25.7 Å². The molecule has 1 aliphatic rings. The quantitative estimate of drug-likeness (QED) is 0.488. The summed E-state index contributed by atoms with van der Waals surface area (Å²) < 4.78 is 10.8. The molecule has 1 rings (SSSR count). The number of alkyl halides is 1. The molecule has 0 aromatic rings. The van der Waals surface area contributed by atoms with Crippen molar-refractivity contribution in [3.05, 3.63) is 0 Å². The lowest BCUT2D eigenvalue weighted by Crippen LogP contribution is -2.22. The fourth-order valence-electron chi connectivity index (χ4n) is 1.75. The number of hydrogen-bond donors (Lipinski definition) is 1. The maximum Gasteiger partial charge on any atom is 0.0602 e. The first kappa shape index (κ1) is 13.2. The van der Waals surface area contributed by atoms with Crippen LogP contribution in [0.4, 0.5) is 0 Å². The van der Waals surface area contributed by atoms with Gasteiger partial charge in [0.25, 0.3) is 0 Å². The SMILES string of the molecule is ClCCOCCNCCCC1CCCO1. The molecule has 0 amide bonds. The van der Waals surface area contributed by atoms with Gasteiger partial charge < -0.3 is 14.8 Å². The van der Waals surface area contributed by atoms with Gasteiger partial charge in [-0.25, -0.2) is 0 Å². The molecule has 0 aliphatic carbocycles. The molecular formula is C11H22ClNO2. The summed E-state index contributed by atoms with van der Waals surface area (Å²) in [5.41, 5.74) is 0. The van der Waals surface area contributed by atoms with E-state index in [2.05, 4.69) is 5.32 Å². The van der Waals surface area contributed by atoms with E-state index >= 15 is 0 Å². The highest BCUT2D eigenvalue weighted by atomic mass is 35.5. The molecule has 0 bridgehead atoms. The molecule has 0 saturated carbocycles. The Kier molecular flexibility index (Phi) is 8.29. The zero-order chi connectivity index (χ0) is 10.8. The van der Waals surface area contributed by atoms with Gasteiger partial charge in [0.05, 0.1) is 19.3 Å². The van der Waals surface area contributed by atoms with E-state index in [1.807, 2.05) is 0 Å². The van der Waals surface area contributed by atoms with E-state index in [9.17, 15) is 0 Å². The maximum atomic E-state index is 5.55. The zero-order valence-electron chi connectivity index (χ0n) is 9.34. The van der Waals surface area contributed by atoms with Crippen LogP contribution in [0.25, 0.3) is 0 Å². The zero-order valence-corrected chi connectivity index (χ0v) is 10.1. The number of hydrogen-bond acceptors (Lipinski definition) is 3. The number of ether oxygens (including phenoxy) is 2. The minimum atomic E-state index is 0.527. The minimum Gasteiger partial charge on any atom is -0.379 e. The third-order valence-electron chi connectivity index (χ3n) is 2.55. The van der Waals surface area contributed by atoms with E-state index in [1.54, 1.807) is 0 Å². The first-order valence-corrected chi connectivity index (χ1v) is 6.43. The molecule has 1 unspecified atom stereocenters. The van der Waals surface area contributed by atoms with E-state index in [-0.39, 0.29) is 0 Å². The lowest BCUT2D eigenvalue weighted by molar-refractivity contribution is 0.102. The second kappa shape index (κ2) is 9.40. The summed E-state index contributed by atoms with van der Waals surface area (Å²) in [6, 6.07) is 0. The molecular weight excluding hydrogens is 214 g/mol. The van der Waals surface area contributed by atoms with Crippen LogP contribution in [0.5, 0.6) is 0 Å². The molecule has 4 heteroatoms. The van der Waals surface area contributed by atoms with Gasteiger partial charge in [-0.2, -0.15) is 0 Å². The number of rotatable bonds is 9. The van der Waals surface area contributed by atoms with E-state index < -0.39 is 0 Å². The molecule has 1 N–H and O–H groups in total. The monoisotopic (exact) mass is 235 g/mol. The molecule has 15 heavy (non-hydrogen) atoms. The molecule has 0 aromatic carbocycles. The number of halogens is 1. The topological polar surface area (TPSA) is 30.5 Å². The molecule has 0 spiro atoms. The molecule has 90 valence electrons. The first-order chi connectivity index (χ1) is 7.43. The Morgan fingerprint density at radius 2 is 2.27 bits per heavy atom. The van der Waals surface area contributed by atoms with Crippen LogP contribution in [0, 0.1) is 0 Å². The van der Waals surface area contributed by atoms with E-state index in [0.717, 1.165) is 26.3 Å². The summed E-state index contributed by atoms with van der Waals surface area (Å²) in [5.74, 6) is 0.582. The predicted molar refractivity (Wildman–Crippen MR) is 62.6 cm³/mol. The molecule has 0 radical (unpaired) electrons. The van der Waals surface area contributed by atoms with Crippen molar-refractivity contribution in [1.29, 1.82) is 0 Å². The second-order valence-electron chi connectivity index (χ2n) is 3.83. The van der Waals surface area contributed by atoms with Crippen molar-refractivity contribution in [2.24, 2.45) is 0 Å². The van der Waals surface area contributed by atoms with Crippen LogP contribution in [0.2, 0.25) is 0 Å². The fourth-order valence-corrected chi connectivity index (χ4v) is 1.86. The Bertz CT molecular complexity index is 141.